The summed E-state index contributed by atoms with van der Waals surface area (Å²) in [6, 6.07) is 2.74. The number of nitrogens with one attached hydrogen (secondary N) is 2. The zero-order valence-electron chi connectivity index (χ0n) is 17.4. The summed E-state index contributed by atoms with van der Waals surface area (Å²) >= 11 is 0. The summed E-state index contributed by atoms with van der Waals surface area (Å²) in [5.41, 5.74) is -0.926. The second-order valence-corrected chi connectivity index (χ2v) is 6.15. The molecule has 2 N–H and O–H groups in total. The van der Waals surface area contributed by atoms with Crippen LogP contribution in [0.5, 0.6) is 5.75 Å². The molecule has 0 saturated heterocycles. The van der Waals surface area contributed by atoms with Crippen LogP contribution < -0.4 is 15.4 Å². The Morgan fingerprint density at radius 1 is 1.14 bits per heavy atom. The van der Waals surface area contributed by atoms with Gasteiger partial charge in [-0.05, 0) is 32.9 Å². The maximum atomic E-state index is 11.7. The van der Waals surface area contributed by atoms with Gasteiger partial charge in [0.05, 0.1) is 19.1 Å². The van der Waals surface area contributed by atoms with E-state index >= 15 is 0 Å². The Labute approximate surface area is 164 Å². The predicted octanol–water partition coefficient (Wildman–Crippen LogP) is 3.35. The number of methoxy groups -OCH3 is 2. The Morgan fingerprint density at radius 3 is 2.21 bits per heavy atom. The molecule has 0 atom stereocenters. The van der Waals surface area contributed by atoms with Crippen LogP contribution in [0.4, 0.5) is 16.2 Å². The molecule has 10 heteroatoms. The summed E-state index contributed by atoms with van der Waals surface area (Å²) in [7, 11) is 2.39. The first-order valence-corrected chi connectivity index (χ1v) is 8.75. The molecule has 1 rings (SSSR count). The van der Waals surface area contributed by atoms with Gasteiger partial charge in [-0.15, -0.1) is 0 Å². The average molecular weight is 399 g/mol. The van der Waals surface area contributed by atoms with Gasteiger partial charge in [-0.1, -0.05) is 13.8 Å². The van der Waals surface area contributed by atoms with Crippen molar-refractivity contribution in [2.45, 2.75) is 40.2 Å². The van der Waals surface area contributed by atoms with E-state index in [0.29, 0.717) is 0 Å². The van der Waals surface area contributed by atoms with Gasteiger partial charge in [-0.3, -0.25) is 10.1 Å². The van der Waals surface area contributed by atoms with Gasteiger partial charge in [0.15, 0.2) is 0 Å². The molecule has 0 aliphatic heterocycles. The summed E-state index contributed by atoms with van der Waals surface area (Å²) < 4.78 is 14.7. The van der Waals surface area contributed by atoms with E-state index in [1.54, 1.807) is 20.8 Å². The summed E-state index contributed by atoms with van der Waals surface area (Å²) in [5, 5.41) is 16.8. The van der Waals surface area contributed by atoms with Crippen molar-refractivity contribution < 1.29 is 28.7 Å². The molecule has 0 heterocycles. The number of nitrogens with zero attached hydrogens (tertiary/aromatic N) is 1. The van der Waals surface area contributed by atoms with Crippen LogP contribution >= 0.6 is 0 Å². The molecule has 0 saturated carbocycles. The fourth-order valence-electron chi connectivity index (χ4n) is 2.05. The number of nitro benzene ring substituents is 1. The van der Waals surface area contributed by atoms with Crippen LogP contribution in [-0.2, 0) is 9.47 Å². The van der Waals surface area contributed by atoms with Gasteiger partial charge < -0.3 is 24.8 Å². The lowest BCUT2D eigenvalue weighted by atomic mass is 10.1. The van der Waals surface area contributed by atoms with E-state index in [1.807, 2.05) is 13.8 Å². The number of rotatable bonds is 7. The molecule has 0 bridgehead atoms. The summed E-state index contributed by atoms with van der Waals surface area (Å²) in [4.78, 5) is 34.0. The number of ether oxygens (including phenoxy) is 3. The van der Waals surface area contributed by atoms with Crippen molar-refractivity contribution in [3.05, 3.63) is 27.8 Å². The highest BCUT2D eigenvalue weighted by Crippen LogP contribution is 2.38. The van der Waals surface area contributed by atoms with Crippen molar-refractivity contribution in [2.75, 3.05) is 32.6 Å². The second-order valence-electron chi connectivity index (χ2n) is 6.15. The highest BCUT2D eigenvalue weighted by molar-refractivity contribution is 5.96. The minimum absolute atomic E-state index is 0.0564. The molecule has 1 aromatic rings. The van der Waals surface area contributed by atoms with Crippen LogP contribution in [0, 0.1) is 10.1 Å². The maximum Gasteiger partial charge on any atom is 0.407 e. The van der Waals surface area contributed by atoms with Crippen molar-refractivity contribution >= 4 is 23.4 Å². The minimum Gasteiger partial charge on any atom is -0.489 e. The number of amides is 1. The average Bonchev–Trinajstić information content (AvgIpc) is 2.63. The monoisotopic (exact) mass is 399 g/mol. The van der Waals surface area contributed by atoms with Crippen molar-refractivity contribution in [3.63, 3.8) is 0 Å². The predicted molar refractivity (Wildman–Crippen MR) is 105 cm³/mol. The minimum atomic E-state index is -0.747. The highest BCUT2D eigenvalue weighted by Gasteiger charge is 2.27. The second kappa shape index (κ2) is 11.6. The molecule has 28 heavy (non-hydrogen) atoms. The summed E-state index contributed by atoms with van der Waals surface area (Å²) in [5.74, 6) is -0.949. The number of carbonyl (C=O) groups excluding carboxylic acids is 2. The first-order valence-electron chi connectivity index (χ1n) is 8.75. The number of hydrogen-bond donors (Lipinski definition) is 2. The Kier molecular flexibility index (Phi) is 10.4. The van der Waals surface area contributed by atoms with Crippen LogP contribution in [0.25, 0.3) is 0 Å². The molecule has 0 aliphatic rings. The third-order valence-corrected chi connectivity index (χ3v) is 3.03. The van der Waals surface area contributed by atoms with Gasteiger partial charge in [0, 0.05) is 13.1 Å². The topological polar surface area (TPSA) is 129 Å². The molecular formula is C18H29N3O7. The van der Waals surface area contributed by atoms with Crippen LogP contribution in [0.2, 0.25) is 0 Å². The van der Waals surface area contributed by atoms with Gasteiger partial charge in [-0.2, -0.15) is 0 Å². The molecule has 0 aromatic heterocycles. The number of alkyl carbamates (subject to hydrolysis) is 1. The zero-order valence-corrected chi connectivity index (χ0v) is 17.4. The SMILES string of the molecule is CC.COC(=O)c1ccc(NCCNC(=O)OC(C)(C)C)c([N+](=O)[O-])c1OC. The largest absolute Gasteiger partial charge is 0.489 e. The smallest absolute Gasteiger partial charge is 0.407 e. The van der Waals surface area contributed by atoms with Gasteiger partial charge in [0.25, 0.3) is 0 Å². The standard InChI is InChI=1S/C16H23N3O7.C2H6/c1-16(2,3)26-15(21)18-9-8-17-11-7-6-10(14(20)25-5)13(24-4)12(11)19(22)23;1-2/h6-7,17H,8-9H2,1-5H3,(H,18,21);1-2H3. The summed E-state index contributed by atoms with van der Waals surface area (Å²) in [6.07, 6.45) is -0.590. The molecule has 1 aromatic carbocycles. The van der Waals surface area contributed by atoms with Crippen molar-refractivity contribution in [1.29, 1.82) is 0 Å². The number of anilines is 1. The third kappa shape index (κ3) is 7.68. The van der Waals surface area contributed by atoms with E-state index in [0.717, 1.165) is 0 Å². The number of nitro groups is 1. The molecule has 0 spiro atoms. The Hall–Kier alpha value is -3.04. The zero-order chi connectivity index (χ0) is 21.9. The molecule has 158 valence electrons. The van der Waals surface area contributed by atoms with E-state index < -0.39 is 28.3 Å². The van der Waals surface area contributed by atoms with Gasteiger partial charge in [0.1, 0.15) is 16.9 Å². The molecular weight excluding hydrogens is 370 g/mol. The summed E-state index contributed by atoms with van der Waals surface area (Å²) in [6.45, 7) is 9.59. The number of benzene rings is 1. The lowest BCUT2D eigenvalue weighted by molar-refractivity contribution is -0.384. The number of hydrogen-bond acceptors (Lipinski definition) is 8. The lowest BCUT2D eigenvalue weighted by Gasteiger charge is -2.19. The Bertz CT molecular complexity index is 684. The first kappa shape index (κ1) is 25.0. The van der Waals surface area contributed by atoms with Crippen molar-refractivity contribution in [2.24, 2.45) is 0 Å². The number of esters is 1. The van der Waals surface area contributed by atoms with E-state index in [4.69, 9.17) is 9.47 Å². The lowest BCUT2D eigenvalue weighted by Crippen LogP contribution is -2.35. The van der Waals surface area contributed by atoms with Gasteiger partial charge in [0.2, 0.25) is 5.75 Å². The van der Waals surface area contributed by atoms with Crippen LogP contribution in [0.1, 0.15) is 45.0 Å². The quantitative estimate of drug-likeness (QED) is 0.309. The number of carbonyl (C=O) groups is 2. The fraction of sp³-hybridized carbons (Fsp3) is 0.556. The van der Waals surface area contributed by atoms with Crippen molar-refractivity contribution in [1.82, 2.24) is 5.32 Å². The normalized spacial score (nSPS) is 10.1. The molecule has 10 nitrogen and oxygen atoms in total. The van der Waals surface area contributed by atoms with Crippen molar-refractivity contribution in [3.8, 4) is 5.75 Å². The first-order chi connectivity index (χ1) is 13.1. The van der Waals surface area contributed by atoms with Crippen LogP contribution in [-0.4, -0.2) is 49.9 Å². The Balaban J connectivity index is 0.00000352. The van der Waals surface area contributed by atoms with Gasteiger partial charge >= 0.3 is 17.7 Å². The van der Waals surface area contributed by atoms with E-state index in [9.17, 15) is 19.7 Å². The van der Waals surface area contributed by atoms with E-state index in [1.165, 1.54) is 26.4 Å². The Morgan fingerprint density at radius 2 is 1.75 bits per heavy atom. The van der Waals surface area contributed by atoms with E-state index in [-0.39, 0.29) is 30.1 Å². The molecule has 0 unspecified atom stereocenters. The molecule has 1 amide bonds. The van der Waals surface area contributed by atoms with E-state index in [2.05, 4.69) is 15.4 Å². The molecule has 0 aliphatic carbocycles. The van der Waals surface area contributed by atoms with Crippen LogP contribution in [0.3, 0.4) is 0 Å². The van der Waals surface area contributed by atoms with Crippen LogP contribution in [0.15, 0.2) is 12.1 Å². The third-order valence-electron chi connectivity index (χ3n) is 3.03. The molecule has 0 fully saturated rings. The maximum absolute atomic E-state index is 11.7. The van der Waals surface area contributed by atoms with Gasteiger partial charge in [-0.25, -0.2) is 9.59 Å². The molecule has 0 radical (unpaired) electrons. The highest BCUT2D eigenvalue weighted by atomic mass is 16.6. The fourth-order valence-corrected chi connectivity index (χ4v) is 2.05.